The van der Waals surface area contributed by atoms with Gasteiger partial charge in [0.15, 0.2) is 0 Å². The molecule has 1 rings (SSSR count). The number of alkyl halides is 3. The molecular weight excluding hydrogens is 263 g/mol. The molecule has 0 saturated carbocycles. The zero-order valence-electron chi connectivity index (χ0n) is 10.3. The van der Waals surface area contributed by atoms with Crippen LogP contribution in [0.1, 0.15) is 23.5 Å². The maximum atomic E-state index is 12.6. The Labute approximate surface area is 109 Å². The van der Waals surface area contributed by atoms with Crippen LogP contribution in [0.15, 0.2) is 5.38 Å². The van der Waals surface area contributed by atoms with Crippen LogP contribution in [0.25, 0.3) is 0 Å². The highest BCUT2D eigenvalue weighted by molar-refractivity contribution is 7.09. The molecule has 0 fully saturated rings. The first-order chi connectivity index (χ1) is 8.43. The molecule has 0 aliphatic rings. The Morgan fingerprint density at radius 3 is 2.67 bits per heavy atom. The standard InChI is InChI=1S/C11H18F3N3S/c1-8-17-10(7-18-8)6-16-5-3-9(2-4-15)11(12,13)14/h7,9,16H,2-6,15H2,1H3. The molecular formula is C11H18F3N3S. The summed E-state index contributed by atoms with van der Waals surface area (Å²) in [5, 5.41) is 5.85. The molecule has 3 N–H and O–H groups in total. The number of halogens is 3. The Morgan fingerprint density at radius 1 is 1.44 bits per heavy atom. The quantitative estimate of drug-likeness (QED) is 0.755. The monoisotopic (exact) mass is 281 g/mol. The number of nitrogens with two attached hydrogens (primary N) is 1. The summed E-state index contributed by atoms with van der Waals surface area (Å²) in [6.45, 7) is 2.79. The third kappa shape index (κ3) is 5.32. The van der Waals surface area contributed by atoms with E-state index in [4.69, 9.17) is 5.73 Å². The number of hydrogen-bond donors (Lipinski definition) is 2. The van der Waals surface area contributed by atoms with E-state index in [2.05, 4.69) is 10.3 Å². The van der Waals surface area contributed by atoms with Crippen molar-refractivity contribution in [1.29, 1.82) is 0 Å². The highest BCUT2D eigenvalue weighted by atomic mass is 32.1. The fraction of sp³-hybridized carbons (Fsp3) is 0.727. The minimum Gasteiger partial charge on any atom is -0.330 e. The number of rotatable bonds is 7. The molecule has 0 radical (unpaired) electrons. The third-order valence-corrected chi connectivity index (χ3v) is 3.44. The Kier molecular flexibility index (Phi) is 6.04. The van der Waals surface area contributed by atoms with Crippen molar-refractivity contribution in [2.75, 3.05) is 13.1 Å². The Balaban J connectivity index is 2.26. The first-order valence-corrected chi connectivity index (χ1v) is 6.70. The lowest BCUT2D eigenvalue weighted by atomic mass is 10.0. The predicted octanol–water partition coefficient (Wildman–Crippen LogP) is 2.46. The van der Waals surface area contributed by atoms with Gasteiger partial charge in [-0.15, -0.1) is 11.3 Å². The molecule has 1 atom stereocenters. The van der Waals surface area contributed by atoms with Crippen LogP contribution in [0.4, 0.5) is 13.2 Å². The molecule has 104 valence electrons. The van der Waals surface area contributed by atoms with Crippen LogP contribution in [0, 0.1) is 12.8 Å². The lowest BCUT2D eigenvalue weighted by Gasteiger charge is -2.19. The maximum absolute atomic E-state index is 12.6. The van der Waals surface area contributed by atoms with Crippen molar-refractivity contribution in [2.45, 2.75) is 32.5 Å². The van der Waals surface area contributed by atoms with Gasteiger partial charge in [-0.1, -0.05) is 0 Å². The van der Waals surface area contributed by atoms with Crippen molar-refractivity contribution in [3.8, 4) is 0 Å². The van der Waals surface area contributed by atoms with Gasteiger partial charge in [-0.25, -0.2) is 4.98 Å². The summed E-state index contributed by atoms with van der Waals surface area (Å²) in [5.74, 6) is -1.31. The molecule has 1 heterocycles. The average molecular weight is 281 g/mol. The Bertz CT molecular complexity index is 352. The number of hydrogen-bond acceptors (Lipinski definition) is 4. The maximum Gasteiger partial charge on any atom is 0.391 e. The van der Waals surface area contributed by atoms with E-state index in [0.29, 0.717) is 13.1 Å². The van der Waals surface area contributed by atoms with Crippen LogP contribution >= 0.6 is 11.3 Å². The Hall–Kier alpha value is -0.660. The van der Waals surface area contributed by atoms with Gasteiger partial charge >= 0.3 is 6.18 Å². The summed E-state index contributed by atoms with van der Waals surface area (Å²) >= 11 is 1.53. The van der Waals surface area contributed by atoms with Crippen molar-refractivity contribution in [1.82, 2.24) is 10.3 Å². The van der Waals surface area contributed by atoms with E-state index in [1.54, 1.807) is 0 Å². The molecule has 0 bridgehead atoms. The van der Waals surface area contributed by atoms with E-state index in [9.17, 15) is 13.2 Å². The molecule has 0 aliphatic carbocycles. The van der Waals surface area contributed by atoms with Crippen molar-refractivity contribution < 1.29 is 13.2 Å². The number of nitrogens with zero attached hydrogens (tertiary/aromatic N) is 1. The van der Waals surface area contributed by atoms with E-state index in [1.807, 2.05) is 12.3 Å². The summed E-state index contributed by atoms with van der Waals surface area (Å²) < 4.78 is 37.7. The molecule has 0 spiro atoms. The molecule has 1 aromatic heterocycles. The molecule has 1 aromatic rings. The Morgan fingerprint density at radius 2 is 2.17 bits per heavy atom. The number of aromatic nitrogens is 1. The van der Waals surface area contributed by atoms with Gasteiger partial charge in [0.25, 0.3) is 0 Å². The van der Waals surface area contributed by atoms with Crippen molar-refractivity contribution in [3.63, 3.8) is 0 Å². The summed E-state index contributed by atoms with van der Waals surface area (Å²) in [7, 11) is 0. The van der Waals surface area contributed by atoms with Gasteiger partial charge in [-0.3, -0.25) is 0 Å². The van der Waals surface area contributed by atoms with E-state index in [1.165, 1.54) is 11.3 Å². The van der Waals surface area contributed by atoms with Gasteiger partial charge in [0.2, 0.25) is 0 Å². The first kappa shape index (κ1) is 15.4. The zero-order chi connectivity index (χ0) is 13.6. The van der Waals surface area contributed by atoms with Gasteiger partial charge in [0.05, 0.1) is 16.6 Å². The lowest BCUT2D eigenvalue weighted by molar-refractivity contribution is -0.177. The van der Waals surface area contributed by atoms with Gasteiger partial charge in [0, 0.05) is 11.9 Å². The van der Waals surface area contributed by atoms with Crippen LogP contribution in [-0.2, 0) is 6.54 Å². The summed E-state index contributed by atoms with van der Waals surface area (Å²) in [4.78, 5) is 4.23. The molecule has 1 unspecified atom stereocenters. The van der Waals surface area contributed by atoms with Gasteiger partial charge in [-0.05, 0) is 32.9 Å². The fourth-order valence-corrected chi connectivity index (χ4v) is 2.27. The third-order valence-electron chi connectivity index (χ3n) is 2.62. The molecule has 18 heavy (non-hydrogen) atoms. The lowest BCUT2D eigenvalue weighted by Crippen LogP contribution is -2.29. The zero-order valence-corrected chi connectivity index (χ0v) is 11.1. The van der Waals surface area contributed by atoms with Crippen LogP contribution in [0.3, 0.4) is 0 Å². The van der Waals surface area contributed by atoms with E-state index in [0.717, 1.165) is 10.7 Å². The molecule has 3 nitrogen and oxygen atoms in total. The van der Waals surface area contributed by atoms with Crippen molar-refractivity contribution >= 4 is 11.3 Å². The SMILES string of the molecule is Cc1nc(CNCCC(CCN)C(F)(F)F)cs1. The van der Waals surface area contributed by atoms with Crippen LogP contribution < -0.4 is 11.1 Å². The second-order valence-corrected chi connectivity index (χ2v) is 5.20. The summed E-state index contributed by atoms with van der Waals surface area (Å²) in [5.41, 5.74) is 6.07. The second-order valence-electron chi connectivity index (χ2n) is 4.14. The average Bonchev–Trinajstić information content (AvgIpc) is 2.67. The van der Waals surface area contributed by atoms with Crippen LogP contribution in [0.2, 0.25) is 0 Å². The number of thiazole rings is 1. The van der Waals surface area contributed by atoms with Gasteiger partial charge < -0.3 is 11.1 Å². The van der Waals surface area contributed by atoms with Crippen molar-refractivity contribution in [3.05, 3.63) is 16.1 Å². The molecule has 0 aromatic carbocycles. The molecule has 0 amide bonds. The summed E-state index contributed by atoms with van der Waals surface area (Å²) in [6, 6.07) is 0. The van der Waals surface area contributed by atoms with Crippen LogP contribution in [-0.4, -0.2) is 24.2 Å². The predicted molar refractivity (Wildman–Crippen MR) is 66.4 cm³/mol. The minimum atomic E-state index is -4.15. The van der Waals surface area contributed by atoms with Gasteiger partial charge in [0.1, 0.15) is 0 Å². The highest BCUT2D eigenvalue weighted by Gasteiger charge is 2.38. The molecule has 7 heteroatoms. The molecule has 0 aliphatic heterocycles. The molecule has 0 saturated heterocycles. The van der Waals surface area contributed by atoms with Crippen molar-refractivity contribution in [2.24, 2.45) is 11.7 Å². The summed E-state index contributed by atoms with van der Waals surface area (Å²) in [6.07, 6.45) is -4.11. The van der Waals surface area contributed by atoms with E-state index in [-0.39, 0.29) is 19.4 Å². The largest absolute Gasteiger partial charge is 0.391 e. The smallest absolute Gasteiger partial charge is 0.330 e. The van der Waals surface area contributed by atoms with Crippen LogP contribution in [0.5, 0.6) is 0 Å². The van der Waals surface area contributed by atoms with E-state index < -0.39 is 12.1 Å². The van der Waals surface area contributed by atoms with Gasteiger partial charge in [-0.2, -0.15) is 13.2 Å². The fourth-order valence-electron chi connectivity index (χ4n) is 1.66. The second kappa shape index (κ2) is 7.06. The first-order valence-electron chi connectivity index (χ1n) is 5.82. The number of nitrogens with one attached hydrogen (secondary N) is 1. The van der Waals surface area contributed by atoms with E-state index >= 15 is 0 Å². The minimum absolute atomic E-state index is 0.0129. The topological polar surface area (TPSA) is 50.9 Å². The number of aryl methyl sites for hydroxylation is 1. The highest BCUT2D eigenvalue weighted by Crippen LogP contribution is 2.30. The normalized spacial score (nSPS) is 13.8.